The molecule has 0 heterocycles. The molecule has 2 heteroatoms. The van der Waals surface area contributed by atoms with E-state index in [0.717, 1.165) is 32.1 Å². The van der Waals surface area contributed by atoms with E-state index in [2.05, 4.69) is 6.92 Å². The summed E-state index contributed by atoms with van der Waals surface area (Å²) < 4.78 is 13.1. The van der Waals surface area contributed by atoms with Crippen molar-refractivity contribution < 1.29 is 4.39 Å². The van der Waals surface area contributed by atoms with Gasteiger partial charge in [0.05, 0.1) is 0 Å². The summed E-state index contributed by atoms with van der Waals surface area (Å²) in [6.45, 7) is 3.76. The second kappa shape index (κ2) is 3.73. The topological polar surface area (TPSA) is 26.0 Å². The lowest BCUT2D eigenvalue weighted by atomic mass is 9.91. The number of nitrogens with two attached hydrogens (primary N) is 1. The Balaban J connectivity index is 2.32. The molecule has 0 amide bonds. The Kier molecular flexibility index (Phi) is 3.10. The van der Waals surface area contributed by atoms with Gasteiger partial charge < -0.3 is 5.73 Å². The molecule has 0 saturated heterocycles. The second-order valence-electron chi connectivity index (χ2n) is 4.29. The Morgan fingerprint density at radius 2 is 2.08 bits per heavy atom. The summed E-state index contributed by atoms with van der Waals surface area (Å²) in [6, 6.07) is 0. The average Bonchev–Trinajstić information content (AvgIpc) is 2.67. The number of alkyl halides is 1. The summed E-state index contributed by atoms with van der Waals surface area (Å²) in [5.41, 5.74) is 5.96. The van der Waals surface area contributed by atoms with E-state index in [4.69, 9.17) is 5.73 Å². The zero-order chi connectivity index (χ0) is 9.19. The normalized spacial score (nSPS) is 25.0. The fraction of sp³-hybridized carbons (Fsp3) is 1.00. The lowest BCUT2D eigenvalue weighted by Gasteiger charge is -2.21. The highest BCUT2D eigenvalue weighted by Gasteiger charge is 2.40. The summed E-state index contributed by atoms with van der Waals surface area (Å²) in [5, 5.41) is 0. The Morgan fingerprint density at radius 1 is 1.50 bits per heavy atom. The zero-order valence-electron chi connectivity index (χ0n) is 8.15. The van der Waals surface area contributed by atoms with Crippen molar-refractivity contribution in [3.8, 4) is 0 Å². The molecule has 0 spiro atoms. The molecule has 2 N–H and O–H groups in total. The van der Waals surface area contributed by atoms with E-state index < -0.39 is 6.17 Å². The van der Waals surface area contributed by atoms with Crippen LogP contribution in [-0.2, 0) is 0 Å². The van der Waals surface area contributed by atoms with Gasteiger partial charge in [-0.2, -0.15) is 0 Å². The third-order valence-corrected chi connectivity index (χ3v) is 2.87. The van der Waals surface area contributed by atoms with Crippen LogP contribution < -0.4 is 5.73 Å². The molecule has 72 valence electrons. The first-order chi connectivity index (χ1) is 5.57. The van der Waals surface area contributed by atoms with Gasteiger partial charge in [-0.3, -0.25) is 0 Å². The van der Waals surface area contributed by atoms with Gasteiger partial charge in [0.25, 0.3) is 0 Å². The Morgan fingerprint density at radius 3 is 2.42 bits per heavy atom. The lowest BCUT2D eigenvalue weighted by molar-refractivity contribution is 0.210. The molecular formula is C10H20FN. The largest absolute Gasteiger partial charge is 0.325 e. The molecular weight excluding hydrogens is 153 g/mol. The third-order valence-electron chi connectivity index (χ3n) is 2.87. The molecule has 12 heavy (non-hydrogen) atoms. The van der Waals surface area contributed by atoms with Crippen molar-refractivity contribution in [3.63, 3.8) is 0 Å². The Bertz CT molecular complexity index is 141. The summed E-state index contributed by atoms with van der Waals surface area (Å²) >= 11 is 0. The maximum atomic E-state index is 13.1. The van der Waals surface area contributed by atoms with Gasteiger partial charge in [-0.1, -0.05) is 13.3 Å². The summed E-state index contributed by atoms with van der Waals surface area (Å²) in [5.74, 6) is 0.197. The molecule has 0 aromatic carbocycles. The quantitative estimate of drug-likeness (QED) is 0.679. The maximum Gasteiger partial charge on any atom is 0.100 e. The number of halogens is 1. The van der Waals surface area contributed by atoms with Crippen LogP contribution in [0.5, 0.6) is 0 Å². The molecule has 1 aliphatic rings. The molecule has 2 unspecified atom stereocenters. The van der Waals surface area contributed by atoms with E-state index in [0.29, 0.717) is 0 Å². The van der Waals surface area contributed by atoms with Gasteiger partial charge in [0.1, 0.15) is 6.17 Å². The van der Waals surface area contributed by atoms with E-state index in [1.807, 2.05) is 0 Å². The van der Waals surface area contributed by atoms with Crippen LogP contribution in [0.1, 0.15) is 46.0 Å². The van der Waals surface area contributed by atoms with Crippen molar-refractivity contribution in [2.24, 2.45) is 11.7 Å². The van der Waals surface area contributed by atoms with E-state index in [-0.39, 0.29) is 11.5 Å². The molecule has 2 atom stereocenters. The van der Waals surface area contributed by atoms with Crippen LogP contribution in [0.25, 0.3) is 0 Å². The Labute approximate surface area is 74.5 Å². The van der Waals surface area contributed by atoms with Crippen LogP contribution in [0.3, 0.4) is 0 Å². The van der Waals surface area contributed by atoms with Crippen molar-refractivity contribution in [2.45, 2.75) is 57.7 Å². The van der Waals surface area contributed by atoms with Gasteiger partial charge in [0.2, 0.25) is 0 Å². The highest BCUT2D eigenvalue weighted by atomic mass is 19.1. The molecule has 1 nitrogen and oxygen atoms in total. The molecule has 0 aromatic rings. The molecule has 0 aliphatic heterocycles. The summed E-state index contributed by atoms with van der Waals surface area (Å²) in [4.78, 5) is 0. The van der Waals surface area contributed by atoms with Crippen molar-refractivity contribution in [1.82, 2.24) is 0 Å². The van der Waals surface area contributed by atoms with Gasteiger partial charge in [0, 0.05) is 5.54 Å². The minimum absolute atomic E-state index is 0.0141. The minimum atomic E-state index is -0.689. The highest BCUT2D eigenvalue weighted by Crippen LogP contribution is 2.40. The molecule has 0 radical (unpaired) electrons. The molecule has 1 fully saturated rings. The Hall–Kier alpha value is -0.110. The molecule has 1 saturated carbocycles. The summed E-state index contributed by atoms with van der Waals surface area (Å²) in [6.07, 6.45) is 4.44. The summed E-state index contributed by atoms with van der Waals surface area (Å²) in [7, 11) is 0. The van der Waals surface area contributed by atoms with Crippen LogP contribution in [0.4, 0.5) is 4.39 Å². The standard InChI is InChI=1S/C10H20FN/c1-3-4-9(8(2)11)7-10(12)5-6-10/h8-9H,3-7,12H2,1-2H3. The van der Waals surface area contributed by atoms with Gasteiger partial charge >= 0.3 is 0 Å². The van der Waals surface area contributed by atoms with Crippen LogP contribution in [0.15, 0.2) is 0 Å². The van der Waals surface area contributed by atoms with Gasteiger partial charge in [-0.05, 0) is 38.5 Å². The number of rotatable bonds is 5. The predicted octanol–water partition coefficient (Wildman–Crippen LogP) is 2.64. The monoisotopic (exact) mass is 173 g/mol. The molecule has 1 rings (SSSR count). The number of hydrogen-bond donors (Lipinski definition) is 1. The first kappa shape index (κ1) is 9.97. The fourth-order valence-corrected chi connectivity index (χ4v) is 1.75. The van der Waals surface area contributed by atoms with Crippen molar-refractivity contribution in [2.75, 3.05) is 0 Å². The predicted molar refractivity (Wildman–Crippen MR) is 49.7 cm³/mol. The molecule has 1 aliphatic carbocycles. The van der Waals surface area contributed by atoms with Crippen molar-refractivity contribution >= 4 is 0 Å². The average molecular weight is 173 g/mol. The maximum absolute atomic E-state index is 13.1. The van der Waals surface area contributed by atoms with Crippen molar-refractivity contribution in [1.29, 1.82) is 0 Å². The van der Waals surface area contributed by atoms with Crippen molar-refractivity contribution in [3.05, 3.63) is 0 Å². The van der Waals surface area contributed by atoms with Gasteiger partial charge in [-0.15, -0.1) is 0 Å². The van der Waals surface area contributed by atoms with Gasteiger partial charge in [0.15, 0.2) is 0 Å². The van der Waals surface area contributed by atoms with Gasteiger partial charge in [-0.25, -0.2) is 4.39 Å². The first-order valence-electron chi connectivity index (χ1n) is 5.00. The highest BCUT2D eigenvalue weighted by molar-refractivity contribution is 5.00. The fourth-order valence-electron chi connectivity index (χ4n) is 1.75. The minimum Gasteiger partial charge on any atom is -0.325 e. The lowest BCUT2D eigenvalue weighted by Crippen LogP contribution is -2.28. The smallest absolute Gasteiger partial charge is 0.100 e. The van der Waals surface area contributed by atoms with Crippen LogP contribution in [0.2, 0.25) is 0 Å². The zero-order valence-corrected chi connectivity index (χ0v) is 8.15. The van der Waals surface area contributed by atoms with Crippen LogP contribution in [-0.4, -0.2) is 11.7 Å². The molecule has 0 aromatic heterocycles. The van der Waals surface area contributed by atoms with Crippen LogP contribution >= 0.6 is 0 Å². The molecule has 0 bridgehead atoms. The van der Waals surface area contributed by atoms with E-state index in [9.17, 15) is 4.39 Å². The van der Waals surface area contributed by atoms with E-state index in [1.54, 1.807) is 6.92 Å². The van der Waals surface area contributed by atoms with E-state index in [1.165, 1.54) is 0 Å². The third kappa shape index (κ3) is 2.74. The second-order valence-corrected chi connectivity index (χ2v) is 4.29. The van der Waals surface area contributed by atoms with Crippen LogP contribution in [0, 0.1) is 5.92 Å². The number of hydrogen-bond acceptors (Lipinski definition) is 1. The SMILES string of the molecule is CCCC(CC1(N)CC1)C(C)F. The van der Waals surface area contributed by atoms with E-state index >= 15 is 0 Å². The first-order valence-corrected chi connectivity index (χ1v) is 5.00.